The van der Waals surface area contributed by atoms with Gasteiger partial charge in [0.2, 0.25) is 0 Å². The normalized spacial score (nSPS) is 17.6. The fraction of sp³-hybridized carbons (Fsp3) is 0.120. The minimum absolute atomic E-state index is 0.0991. The average Bonchev–Trinajstić information content (AvgIpc) is 3.04. The summed E-state index contributed by atoms with van der Waals surface area (Å²) in [5, 5.41) is 11.5. The van der Waals surface area contributed by atoms with E-state index < -0.39 is 23.5 Å². The molecule has 1 fully saturated rings. The maximum Gasteiger partial charge on any atom is 0.300 e. The van der Waals surface area contributed by atoms with Crippen LogP contribution in [0.2, 0.25) is 5.02 Å². The number of ketones is 1. The number of benzene rings is 3. The number of aliphatic hydroxyl groups is 1. The van der Waals surface area contributed by atoms with Gasteiger partial charge in [0.15, 0.2) is 0 Å². The van der Waals surface area contributed by atoms with E-state index in [0.717, 1.165) is 5.56 Å². The largest absolute Gasteiger partial charge is 0.507 e. The third kappa shape index (κ3) is 3.63. The lowest BCUT2D eigenvalue weighted by Gasteiger charge is -2.26. The fourth-order valence-corrected chi connectivity index (χ4v) is 4.07. The number of anilines is 1. The van der Waals surface area contributed by atoms with E-state index in [9.17, 15) is 19.1 Å². The molecule has 1 amide bonds. The zero-order valence-corrected chi connectivity index (χ0v) is 18.1. The van der Waals surface area contributed by atoms with Crippen LogP contribution in [-0.4, -0.2) is 23.9 Å². The molecule has 7 heteroatoms. The lowest BCUT2D eigenvalue weighted by molar-refractivity contribution is -0.132. The quantitative estimate of drug-likeness (QED) is 0.326. The Kier molecular flexibility index (Phi) is 5.72. The zero-order valence-electron chi connectivity index (χ0n) is 17.3. The van der Waals surface area contributed by atoms with Crippen molar-refractivity contribution in [2.75, 3.05) is 12.0 Å². The second-order valence-electron chi connectivity index (χ2n) is 7.35. The second kappa shape index (κ2) is 8.48. The molecule has 162 valence electrons. The summed E-state index contributed by atoms with van der Waals surface area (Å²) in [7, 11) is 1.43. The summed E-state index contributed by atoms with van der Waals surface area (Å²) in [6.45, 7) is 1.84. The van der Waals surface area contributed by atoms with Crippen LogP contribution in [0.4, 0.5) is 10.1 Å². The van der Waals surface area contributed by atoms with Crippen LogP contribution in [0.5, 0.6) is 5.75 Å². The van der Waals surface area contributed by atoms with Gasteiger partial charge in [0.05, 0.1) is 23.7 Å². The summed E-state index contributed by atoms with van der Waals surface area (Å²) in [6.07, 6.45) is 0. The van der Waals surface area contributed by atoms with E-state index in [0.29, 0.717) is 16.3 Å². The Balaban J connectivity index is 1.98. The van der Waals surface area contributed by atoms with Crippen molar-refractivity contribution in [1.82, 2.24) is 0 Å². The van der Waals surface area contributed by atoms with Crippen molar-refractivity contribution >= 4 is 34.7 Å². The molecule has 0 aliphatic carbocycles. The van der Waals surface area contributed by atoms with Gasteiger partial charge in [-0.3, -0.25) is 14.5 Å². The first-order valence-corrected chi connectivity index (χ1v) is 10.2. The summed E-state index contributed by atoms with van der Waals surface area (Å²) in [5.41, 5.74) is 1.83. The Morgan fingerprint density at radius 3 is 2.50 bits per heavy atom. The van der Waals surface area contributed by atoms with Crippen molar-refractivity contribution < 1.29 is 23.8 Å². The number of rotatable bonds is 4. The Morgan fingerprint density at radius 2 is 1.81 bits per heavy atom. The molecule has 1 atom stereocenters. The van der Waals surface area contributed by atoms with Crippen LogP contribution in [0.1, 0.15) is 22.7 Å². The van der Waals surface area contributed by atoms with E-state index in [4.69, 9.17) is 16.3 Å². The highest BCUT2D eigenvalue weighted by atomic mass is 35.5. The number of nitrogens with zero attached hydrogens (tertiary/aromatic N) is 1. The van der Waals surface area contributed by atoms with Crippen LogP contribution in [0, 0.1) is 12.7 Å². The molecular weight excluding hydrogens is 433 g/mol. The maximum absolute atomic E-state index is 14.0. The second-order valence-corrected chi connectivity index (χ2v) is 7.76. The third-order valence-electron chi connectivity index (χ3n) is 5.44. The molecule has 0 saturated carbocycles. The molecule has 1 aliphatic rings. The highest BCUT2D eigenvalue weighted by Gasteiger charge is 2.47. The Hall–Kier alpha value is -3.64. The fourth-order valence-electron chi connectivity index (χ4n) is 3.88. The molecule has 4 rings (SSSR count). The molecular formula is C25H19ClFNO4. The molecule has 1 unspecified atom stereocenters. The van der Waals surface area contributed by atoms with Crippen molar-refractivity contribution in [3.63, 3.8) is 0 Å². The minimum atomic E-state index is -0.945. The van der Waals surface area contributed by atoms with E-state index in [1.54, 1.807) is 18.2 Å². The Bertz CT molecular complexity index is 1270. The average molecular weight is 452 g/mol. The smallest absolute Gasteiger partial charge is 0.300 e. The van der Waals surface area contributed by atoms with E-state index in [-0.39, 0.29) is 22.6 Å². The Labute approximate surface area is 189 Å². The summed E-state index contributed by atoms with van der Waals surface area (Å²) in [4.78, 5) is 27.5. The maximum atomic E-state index is 14.0. The van der Waals surface area contributed by atoms with Gasteiger partial charge in [-0.1, -0.05) is 41.9 Å². The van der Waals surface area contributed by atoms with Crippen molar-refractivity contribution in [2.24, 2.45) is 0 Å². The number of hydrogen-bond acceptors (Lipinski definition) is 4. The minimum Gasteiger partial charge on any atom is -0.507 e. The topological polar surface area (TPSA) is 66.8 Å². The molecule has 5 nitrogen and oxygen atoms in total. The van der Waals surface area contributed by atoms with Crippen molar-refractivity contribution in [3.8, 4) is 5.75 Å². The van der Waals surface area contributed by atoms with Crippen LogP contribution >= 0.6 is 11.6 Å². The predicted octanol–water partition coefficient (Wildman–Crippen LogP) is 5.42. The number of carbonyl (C=O) groups is 2. The predicted molar refractivity (Wildman–Crippen MR) is 120 cm³/mol. The van der Waals surface area contributed by atoms with Gasteiger partial charge in [-0.15, -0.1) is 0 Å². The molecule has 1 heterocycles. The van der Waals surface area contributed by atoms with Crippen LogP contribution in [0.25, 0.3) is 5.76 Å². The van der Waals surface area contributed by atoms with Crippen LogP contribution in [0.3, 0.4) is 0 Å². The number of aliphatic hydroxyl groups excluding tert-OH is 1. The summed E-state index contributed by atoms with van der Waals surface area (Å²) < 4.78 is 19.2. The number of ether oxygens (including phenoxy) is 1. The number of methoxy groups -OCH3 is 1. The van der Waals surface area contributed by atoms with Gasteiger partial charge in [-0.2, -0.15) is 0 Å². The van der Waals surface area contributed by atoms with Gasteiger partial charge < -0.3 is 9.84 Å². The third-order valence-corrected chi connectivity index (χ3v) is 5.75. The van der Waals surface area contributed by atoms with Crippen LogP contribution < -0.4 is 9.64 Å². The zero-order chi connectivity index (χ0) is 23.0. The first-order valence-electron chi connectivity index (χ1n) is 9.79. The molecule has 1 N–H and O–H groups in total. The van der Waals surface area contributed by atoms with Crippen molar-refractivity contribution in [2.45, 2.75) is 13.0 Å². The van der Waals surface area contributed by atoms with Gasteiger partial charge in [0.25, 0.3) is 11.7 Å². The first kappa shape index (κ1) is 21.6. The molecule has 1 saturated heterocycles. The number of amides is 1. The van der Waals surface area contributed by atoms with E-state index in [1.807, 2.05) is 19.1 Å². The van der Waals surface area contributed by atoms with Gasteiger partial charge in [-0.05, 0) is 54.4 Å². The monoisotopic (exact) mass is 451 g/mol. The highest BCUT2D eigenvalue weighted by molar-refractivity contribution is 6.51. The molecule has 0 bridgehead atoms. The molecule has 1 aliphatic heterocycles. The summed E-state index contributed by atoms with van der Waals surface area (Å²) in [6, 6.07) is 16.3. The van der Waals surface area contributed by atoms with Gasteiger partial charge in [0, 0.05) is 11.3 Å². The van der Waals surface area contributed by atoms with Crippen molar-refractivity contribution in [3.05, 3.63) is 99.8 Å². The standard InChI is InChI=1S/C25H19ClFNO4/c1-14-6-3-4-9-18(14)22-21(23(29)15-10-11-19(26)20(12-15)32-2)24(30)25(31)28(22)17-8-5-7-16(27)13-17/h3-13,22,29H,1-2H3/b23-21+. The summed E-state index contributed by atoms with van der Waals surface area (Å²) in [5.74, 6) is -2.33. The van der Waals surface area contributed by atoms with Gasteiger partial charge in [0.1, 0.15) is 17.3 Å². The number of halogens is 2. The lowest BCUT2D eigenvalue weighted by atomic mass is 9.92. The van der Waals surface area contributed by atoms with E-state index in [1.165, 1.54) is 48.4 Å². The molecule has 3 aromatic rings. The van der Waals surface area contributed by atoms with E-state index >= 15 is 0 Å². The van der Waals surface area contributed by atoms with Crippen LogP contribution in [-0.2, 0) is 9.59 Å². The molecule has 0 radical (unpaired) electrons. The SMILES string of the molecule is COc1cc(/C(O)=C2\C(=O)C(=O)N(c3cccc(F)c3)C2c2ccccc2C)ccc1Cl. The number of Topliss-reactive ketones (excluding diaryl/α,β-unsaturated/α-hetero) is 1. The molecule has 0 aromatic heterocycles. The molecule has 3 aromatic carbocycles. The lowest BCUT2D eigenvalue weighted by Crippen LogP contribution is -2.29. The Morgan fingerprint density at radius 1 is 1.06 bits per heavy atom. The molecule has 32 heavy (non-hydrogen) atoms. The summed E-state index contributed by atoms with van der Waals surface area (Å²) >= 11 is 6.09. The highest BCUT2D eigenvalue weighted by Crippen LogP contribution is 2.43. The molecule has 0 spiro atoms. The van der Waals surface area contributed by atoms with E-state index in [2.05, 4.69) is 0 Å². The number of hydrogen-bond donors (Lipinski definition) is 1. The number of carbonyl (C=O) groups excluding carboxylic acids is 2. The first-order chi connectivity index (χ1) is 15.3. The van der Waals surface area contributed by atoms with Gasteiger partial charge >= 0.3 is 0 Å². The van der Waals surface area contributed by atoms with Crippen LogP contribution in [0.15, 0.2) is 72.3 Å². The van der Waals surface area contributed by atoms with Gasteiger partial charge in [-0.25, -0.2) is 4.39 Å². The van der Waals surface area contributed by atoms with Crippen molar-refractivity contribution in [1.29, 1.82) is 0 Å². The number of aryl methyl sites for hydroxylation is 1.